The van der Waals surface area contributed by atoms with Crippen molar-refractivity contribution >= 4 is 24.8 Å². The van der Waals surface area contributed by atoms with E-state index in [1.54, 1.807) is 0 Å². The Labute approximate surface area is 142 Å². The van der Waals surface area contributed by atoms with Gasteiger partial charge in [0.2, 0.25) is 0 Å². The zero-order valence-electron chi connectivity index (χ0n) is 13.7. The van der Waals surface area contributed by atoms with Crippen molar-refractivity contribution in [2.24, 2.45) is 5.92 Å². The molecule has 2 atom stereocenters. The lowest BCUT2D eigenvalue weighted by Crippen LogP contribution is -2.46. The van der Waals surface area contributed by atoms with Crippen LogP contribution in [-0.2, 0) is 0 Å². The lowest BCUT2D eigenvalue weighted by molar-refractivity contribution is 0.128. The lowest BCUT2D eigenvalue weighted by Gasteiger charge is -2.39. The van der Waals surface area contributed by atoms with Crippen molar-refractivity contribution in [2.75, 3.05) is 26.2 Å². The molecule has 4 heteroatoms. The predicted octanol–water partition coefficient (Wildman–Crippen LogP) is 4.14. The van der Waals surface area contributed by atoms with E-state index in [2.05, 4.69) is 56.1 Å². The summed E-state index contributed by atoms with van der Waals surface area (Å²) < 4.78 is 0. The Hall–Kier alpha value is -0.280. The SMILES string of the molecule is CCC(C)[C@H](c1cccc(C)c1C)N1CCNCC1.Cl.Cl. The van der Waals surface area contributed by atoms with Crippen LogP contribution in [0.5, 0.6) is 0 Å². The molecule has 0 spiro atoms. The molecular weight excluding hydrogens is 303 g/mol. The van der Waals surface area contributed by atoms with Crippen LogP contribution in [0, 0.1) is 19.8 Å². The molecule has 0 amide bonds. The molecule has 1 fully saturated rings. The Kier molecular flexibility index (Phi) is 9.55. The molecule has 0 saturated carbocycles. The first-order chi connectivity index (χ1) is 9.15. The van der Waals surface area contributed by atoms with E-state index in [9.17, 15) is 0 Å². The molecule has 1 saturated heterocycles. The molecule has 1 aliphatic heterocycles. The van der Waals surface area contributed by atoms with Gasteiger partial charge >= 0.3 is 0 Å². The fourth-order valence-corrected chi connectivity index (χ4v) is 3.14. The number of hydrogen-bond acceptors (Lipinski definition) is 2. The van der Waals surface area contributed by atoms with E-state index in [0.29, 0.717) is 12.0 Å². The van der Waals surface area contributed by atoms with Crippen molar-refractivity contribution in [3.8, 4) is 0 Å². The maximum absolute atomic E-state index is 3.46. The zero-order valence-corrected chi connectivity index (χ0v) is 15.3. The minimum atomic E-state index is 0. The van der Waals surface area contributed by atoms with Gasteiger partial charge in [0.15, 0.2) is 0 Å². The van der Waals surface area contributed by atoms with Crippen molar-refractivity contribution in [1.29, 1.82) is 0 Å². The molecule has 0 aliphatic carbocycles. The highest BCUT2D eigenvalue weighted by Crippen LogP contribution is 2.33. The summed E-state index contributed by atoms with van der Waals surface area (Å²) in [4.78, 5) is 2.67. The molecule has 21 heavy (non-hydrogen) atoms. The first-order valence-electron chi connectivity index (χ1n) is 7.66. The van der Waals surface area contributed by atoms with Crippen LogP contribution < -0.4 is 5.32 Å². The number of benzene rings is 1. The van der Waals surface area contributed by atoms with E-state index in [4.69, 9.17) is 0 Å². The number of aryl methyl sites for hydroxylation is 1. The first-order valence-corrected chi connectivity index (χ1v) is 7.66. The quantitative estimate of drug-likeness (QED) is 0.891. The predicted molar refractivity (Wildman–Crippen MR) is 97.1 cm³/mol. The molecule has 1 aromatic carbocycles. The van der Waals surface area contributed by atoms with Gasteiger partial charge in [-0.2, -0.15) is 0 Å². The molecule has 1 heterocycles. The number of nitrogens with zero attached hydrogens (tertiary/aromatic N) is 1. The van der Waals surface area contributed by atoms with E-state index >= 15 is 0 Å². The lowest BCUT2D eigenvalue weighted by atomic mass is 9.87. The van der Waals surface area contributed by atoms with Crippen molar-refractivity contribution in [1.82, 2.24) is 10.2 Å². The zero-order chi connectivity index (χ0) is 13.8. The monoisotopic (exact) mass is 332 g/mol. The van der Waals surface area contributed by atoms with E-state index in [0.717, 1.165) is 13.1 Å². The van der Waals surface area contributed by atoms with Crippen LogP contribution in [0.2, 0.25) is 0 Å². The fraction of sp³-hybridized carbons (Fsp3) is 0.647. The van der Waals surface area contributed by atoms with Gasteiger partial charge in [-0.1, -0.05) is 38.5 Å². The van der Waals surface area contributed by atoms with Crippen LogP contribution in [0.15, 0.2) is 18.2 Å². The molecule has 0 aromatic heterocycles. The average molecular weight is 333 g/mol. The average Bonchev–Trinajstić information content (AvgIpc) is 2.44. The van der Waals surface area contributed by atoms with Gasteiger partial charge in [-0.15, -0.1) is 24.8 Å². The summed E-state index contributed by atoms with van der Waals surface area (Å²) in [6.45, 7) is 13.8. The number of nitrogens with one attached hydrogen (secondary N) is 1. The van der Waals surface area contributed by atoms with E-state index in [1.165, 1.54) is 36.2 Å². The maximum Gasteiger partial charge on any atom is 0.0377 e. The molecule has 2 nitrogen and oxygen atoms in total. The minimum absolute atomic E-state index is 0. The molecule has 1 N–H and O–H groups in total. The normalized spacial score (nSPS) is 18.3. The maximum atomic E-state index is 3.46. The van der Waals surface area contributed by atoms with Gasteiger partial charge in [-0.05, 0) is 36.5 Å². The van der Waals surface area contributed by atoms with Crippen molar-refractivity contribution in [3.63, 3.8) is 0 Å². The molecule has 1 aromatic rings. The molecule has 0 bridgehead atoms. The summed E-state index contributed by atoms with van der Waals surface area (Å²) in [7, 11) is 0. The molecule has 0 radical (unpaired) electrons. The largest absolute Gasteiger partial charge is 0.314 e. The Balaban J connectivity index is 0.00000200. The summed E-state index contributed by atoms with van der Waals surface area (Å²) in [5, 5.41) is 3.46. The molecule has 1 unspecified atom stereocenters. The topological polar surface area (TPSA) is 15.3 Å². The highest BCUT2D eigenvalue weighted by atomic mass is 35.5. The van der Waals surface area contributed by atoms with Crippen LogP contribution >= 0.6 is 24.8 Å². The summed E-state index contributed by atoms with van der Waals surface area (Å²) in [5.41, 5.74) is 4.43. The third-order valence-corrected chi connectivity index (χ3v) is 4.69. The van der Waals surface area contributed by atoms with Gasteiger partial charge < -0.3 is 5.32 Å². The van der Waals surface area contributed by atoms with Crippen LogP contribution in [-0.4, -0.2) is 31.1 Å². The highest BCUT2D eigenvalue weighted by Gasteiger charge is 2.27. The highest BCUT2D eigenvalue weighted by molar-refractivity contribution is 5.85. The standard InChI is InChI=1S/C17H28N2.2ClH/c1-5-13(2)17(19-11-9-18-10-12-19)16-8-6-7-14(3)15(16)4;;/h6-8,13,17-18H,5,9-12H2,1-4H3;2*1H/t13?,17-;;/m1../s1. The van der Waals surface area contributed by atoms with Gasteiger partial charge in [-0.25, -0.2) is 0 Å². The van der Waals surface area contributed by atoms with Crippen molar-refractivity contribution in [3.05, 3.63) is 34.9 Å². The Morgan fingerprint density at radius 1 is 1.14 bits per heavy atom. The molecule has 122 valence electrons. The van der Waals surface area contributed by atoms with Gasteiger partial charge in [-0.3, -0.25) is 4.90 Å². The molecule has 2 rings (SSSR count). The summed E-state index contributed by atoms with van der Waals surface area (Å²) in [5.74, 6) is 0.707. The van der Waals surface area contributed by atoms with Gasteiger partial charge in [0.25, 0.3) is 0 Å². The van der Waals surface area contributed by atoms with Crippen LogP contribution in [0.1, 0.15) is 43.0 Å². The molecule has 1 aliphatic rings. The second kappa shape index (κ2) is 9.68. The number of rotatable bonds is 4. The first kappa shape index (κ1) is 20.7. The second-order valence-corrected chi connectivity index (χ2v) is 5.91. The Bertz CT molecular complexity index is 417. The third kappa shape index (κ3) is 4.85. The fourth-order valence-electron chi connectivity index (χ4n) is 3.14. The number of hydrogen-bond donors (Lipinski definition) is 1. The minimum Gasteiger partial charge on any atom is -0.314 e. The van der Waals surface area contributed by atoms with Crippen LogP contribution in [0.3, 0.4) is 0 Å². The Morgan fingerprint density at radius 2 is 1.76 bits per heavy atom. The van der Waals surface area contributed by atoms with Gasteiger partial charge in [0.1, 0.15) is 0 Å². The van der Waals surface area contributed by atoms with Crippen molar-refractivity contribution in [2.45, 2.75) is 40.2 Å². The van der Waals surface area contributed by atoms with E-state index < -0.39 is 0 Å². The smallest absolute Gasteiger partial charge is 0.0377 e. The van der Waals surface area contributed by atoms with Crippen molar-refractivity contribution < 1.29 is 0 Å². The summed E-state index contributed by atoms with van der Waals surface area (Å²) in [6.07, 6.45) is 1.24. The van der Waals surface area contributed by atoms with E-state index in [-0.39, 0.29) is 24.8 Å². The third-order valence-electron chi connectivity index (χ3n) is 4.69. The van der Waals surface area contributed by atoms with Crippen LogP contribution in [0.25, 0.3) is 0 Å². The molecular formula is C17H30Cl2N2. The van der Waals surface area contributed by atoms with Crippen LogP contribution in [0.4, 0.5) is 0 Å². The number of halogens is 2. The van der Waals surface area contributed by atoms with Gasteiger partial charge in [0, 0.05) is 32.2 Å². The Morgan fingerprint density at radius 3 is 2.33 bits per heavy atom. The summed E-state index contributed by atoms with van der Waals surface area (Å²) in [6, 6.07) is 7.35. The van der Waals surface area contributed by atoms with Gasteiger partial charge in [0.05, 0.1) is 0 Å². The second-order valence-electron chi connectivity index (χ2n) is 5.91. The van der Waals surface area contributed by atoms with E-state index in [1.807, 2.05) is 0 Å². The number of piperazine rings is 1. The summed E-state index contributed by atoms with van der Waals surface area (Å²) >= 11 is 0.